The van der Waals surface area contributed by atoms with Crippen LogP contribution in [0, 0.1) is 5.41 Å². The molecule has 0 radical (unpaired) electrons. The van der Waals surface area contributed by atoms with Gasteiger partial charge in [0.15, 0.2) is 6.23 Å². The predicted octanol–water partition coefficient (Wildman–Crippen LogP) is 2.46. The van der Waals surface area contributed by atoms with Crippen molar-refractivity contribution < 1.29 is 19.1 Å². The van der Waals surface area contributed by atoms with Crippen molar-refractivity contribution in [3.05, 3.63) is 35.9 Å². The first-order chi connectivity index (χ1) is 10.4. The van der Waals surface area contributed by atoms with Crippen molar-refractivity contribution in [3.8, 4) is 0 Å². The highest BCUT2D eigenvalue weighted by Crippen LogP contribution is 2.34. The van der Waals surface area contributed by atoms with Gasteiger partial charge in [0.05, 0.1) is 0 Å². The van der Waals surface area contributed by atoms with Gasteiger partial charge < -0.3 is 9.47 Å². The fourth-order valence-electron chi connectivity index (χ4n) is 2.58. The van der Waals surface area contributed by atoms with Gasteiger partial charge in [0.25, 0.3) is 5.91 Å². The van der Waals surface area contributed by atoms with Gasteiger partial charge in [-0.2, -0.15) is 0 Å². The Kier molecular flexibility index (Phi) is 4.86. The second kappa shape index (κ2) is 6.48. The molecule has 1 unspecified atom stereocenters. The second-order valence-corrected chi connectivity index (χ2v) is 6.53. The molecular weight excluding hydrogens is 282 g/mol. The highest BCUT2D eigenvalue weighted by atomic mass is 16.6. The molecule has 2 rings (SSSR count). The van der Waals surface area contributed by atoms with Crippen LogP contribution in [0.5, 0.6) is 0 Å². The number of hydrogen-bond acceptors (Lipinski definition) is 4. The van der Waals surface area contributed by atoms with Gasteiger partial charge in [0, 0.05) is 31.1 Å². The number of carbonyl (C=O) groups excluding carboxylic acids is 2. The molecule has 0 N–H and O–H groups in total. The van der Waals surface area contributed by atoms with E-state index in [0.29, 0.717) is 18.6 Å². The Balaban J connectivity index is 2.34. The monoisotopic (exact) mass is 305 g/mol. The molecule has 1 aromatic rings. The zero-order valence-corrected chi connectivity index (χ0v) is 13.5. The Morgan fingerprint density at radius 1 is 1.27 bits per heavy atom. The van der Waals surface area contributed by atoms with Crippen LogP contribution in [-0.2, 0) is 14.3 Å². The number of amides is 1. The molecule has 120 valence electrons. The van der Waals surface area contributed by atoms with E-state index in [0.717, 1.165) is 0 Å². The number of carbonyl (C=O) groups is 2. The third kappa shape index (κ3) is 3.30. The normalized spacial score (nSPS) is 21.8. The van der Waals surface area contributed by atoms with Crippen LogP contribution < -0.4 is 0 Å². The molecule has 1 heterocycles. The summed E-state index contributed by atoms with van der Waals surface area (Å²) in [4.78, 5) is 26.7. The highest BCUT2D eigenvalue weighted by Gasteiger charge is 2.49. The van der Waals surface area contributed by atoms with Crippen LogP contribution in [0.25, 0.3) is 0 Å². The molecule has 1 fully saturated rings. The second-order valence-electron chi connectivity index (χ2n) is 6.53. The summed E-state index contributed by atoms with van der Waals surface area (Å²) in [6, 6.07) is 8.37. The standard InChI is InChI=1S/C17H23NO4/c1-17(2,3)16-18(13(10-11-21-4)15(20)22-16)14(19)12-8-6-5-7-9-12/h5-9,13,16H,10-11H2,1-4H3/t13?,16-/m0/s1. The molecule has 2 atom stereocenters. The maximum Gasteiger partial charge on any atom is 0.331 e. The molecule has 5 nitrogen and oxygen atoms in total. The largest absolute Gasteiger partial charge is 0.439 e. The molecule has 0 aliphatic carbocycles. The van der Waals surface area contributed by atoms with E-state index in [2.05, 4.69) is 0 Å². The third-order valence-corrected chi connectivity index (χ3v) is 3.68. The van der Waals surface area contributed by atoms with E-state index >= 15 is 0 Å². The van der Waals surface area contributed by atoms with E-state index in [9.17, 15) is 9.59 Å². The fraction of sp³-hybridized carbons (Fsp3) is 0.529. The van der Waals surface area contributed by atoms with E-state index in [1.54, 1.807) is 24.1 Å². The molecule has 0 spiro atoms. The number of esters is 1. The summed E-state index contributed by atoms with van der Waals surface area (Å²) in [7, 11) is 1.57. The molecule has 1 saturated heterocycles. The van der Waals surface area contributed by atoms with Crippen molar-refractivity contribution in [3.63, 3.8) is 0 Å². The lowest BCUT2D eigenvalue weighted by molar-refractivity contribution is -0.147. The average molecular weight is 305 g/mol. The number of methoxy groups -OCH3 is 1. The summed E-state index contributed by atoms with van der Waals surface area (Å²) in [5.74, 6) is -0.547. The first-order valence-corrected chi connectivity index (χ1v) is 7.43. The van der Waals surface area contributed by atoms with E-state index < -0.39 is 12.3 Å². The SMILES string of the molecule is COCCC1C(=O)O[C@@H](C(C)(C)C)N1C(=O)c1ccccc1. The zero-order valence-electron chi connectivity index (χ0n) is 13.5. The van der Waals surface area contributed by atoms with Crippen LogP contribution in [0.3, 0.4) is 0 Å². The van der Waals surface area contributed by atoms with E-state index in [1.807, 2.05) is 39.0 Å². The van der Waals surface area contributed by atoms with Crippen molar-refractivity contribution in [2.75, 3.05) is 13.7 Å². The van der Waals surface area contributed by atoms with Crippen molar-refractivity contribution in [1.29, 1.82) is 0 Å². The predicted molar refractivity (Wildman–Crippen MR) is 82.2 cm³/mol. The molecule has 5 heteroatoms. The Labute approximate surface area is 131 Å². The van der Waals surface area contributed by atoms with Crippen LogP contribution in [0.2, 0.25) is 0 Å². The number of benzene rings is 1. The van der Waals surface area contributed by atoms with E-state index in [4.69, 9.17) is 9.47 Å². The number of ether oxygens (including phenoxy) is 2. The maximum atomic E-state index is 12.9. The minimum absolute atomic E-state index is 0.188. The molecule has 0 saturated carbocycles. The molecule has 1 aliphatic heterocycles. The minimum Gasteiger partial charge on any atom is -0.439 e. The van der Waals surface area contributed by atoms with Gasteiger partial charge in [-0.05, 0) is 12.1 Å². The Bertz CT molecular complexity index is 535. The summed E-state index contributed by atoms with van der Waals surface area (Å²) in [6.07, 6.45) is -0.143. The quantitative estimate of drug-likeness (QED) is 0.802. The minimum atomic E-state index is -0.600. The van der Waals surface area contributed by atoms with Crippen LogP contribution in [0.1, 0.15) is 37.6 Å². The maximum absolute atomic E-state index is 12.9. The number of hydrogen-bond donors (Lipinski definition) is 0. The third-order valence-electron chi connectivity index (χ3n) is 3.68. The lowest BCUT2D eigenvalue weighted by Crippen LogP contribution is -2.48. The summed E-state index contributed by atoms with van der Waals surface area (Å²) in [5, 5.41) is 0. The van der Waals surface area contributed by atoms with Crippen LogP contribution >= 0.6 is 0 Å². The smallest absolute Gasteiger partial charge is 0.331 e. The first-order valence-electron chi connectivity index (χ1n) is 7.43. The van der Waals surface area contributed by atoms with Crippen molar-refractivity contribution in [2.45, 2.75) is 39.5 Å². The van der Waals surface area contributed by atoms with Crippen LogP contribution in [0.4, 0.5) is 0 Å². The summed E-state index contributed by atoms with van der Waals surface area (Å²) >= 11 is 0. The lowest BCUT2D eigenvalue weighted by Gasteiger charge is -2.34. The first kappa shape index (κ1) is 16.5. The average Bonchev–Trinajstić information content (AvgIpc) is 2.82. The van der Waals surface area contributed by atoms with E-state index in [-0.39, 0.29) is 17.3 Å². The summed E-state index contributed by atoms with van der Waals surface area (Å²) < 4.78 is 10.6. The van der Waals surface area contributed by atoms with E-state index in [1.165, 1.54) is 0 Å². The van der Waals surface area contributed by atoms with Gasteiger partial charge in [-0.25, -0.2) is 4.79 Å². The number of nitrogens with zero attached hydrogens (tertiary/aromatic N) is 1. The Hall–Kier alpha value is -1.88. The van der Waals surface area contributed by atoms with Crippen molar-refractivity contribution in [1.82, 2.24) is 4.90 Å². The highest BCUT2D eigenvalue weighted by molar-refractivity contribution is 5.98. The van der Waals surface area contributed by atoms with Crippen LogP contribution in [0.15, 0.2) is 30.3 Å². The van der Waals surface area contributed by atoms with Gasteiger partial charge in [0.1, 0.15) is 6.04 Å². The fourth-order valence-corrected chi connectivity index (χ4v) is 2.58. The lowest BCUT2D eigenvalue weighted by atomic mass is 9.92. The topological polar surface area (TPSA) is 55.8 Å². The van der Waals surface area contributed by atoms with Crippen LogP contribution in [-0.4, -0.2) is 42.8 Å². The molecule has 1 aliphatic rings. The molecular formula is C17H23NO4. The summed E-state index contributed by atoms with van der Waals surface area (Å²) in [5.41, 5.74) is 0.194. The molecule has 0 bridgehead atoms. The molecule has 1 amide bonds. The molecule has 0 aromatic heterocycles. The number of cyclic esters (lactones) is 1. The van der Waals surface area contributed by atoms with Gasteiger partial charge in [-0.3, -0.25) is 9.69 Å². The number of rotatable bonds is 4. The van der Waals surface area contributed by atoms with Crippen molar-refractivity contribution >= 4 is 11.9 Å². The zero-order chi connectivity index (χ0) is 16.3. The summed E-state index contributed by atoms with van der Waals surface area (Å²) in [6.45, 7) is 6.26. The van der Waals surface area contributed by atoms with Crippen molar-refractivity contribution in [2.24, 2.45) is 5.41 Å². The van der Waals surface area contributed by atoms with Gasteiger partial charge in [-0.15, -0.1) is 0 Å². The van der Waals surface area contributed by atoms with Gasteiger partial charge >= 0.3 is 5.97 Å². The molecule has 1 aromatic carbocycles. The molecule has 22 heavy (non-hydrogen) atoms. The van der Waals surface area contributed by atoms with Gasteiger partial charge in [0.2, 0.25) is 0 Å². The Morgan fingerprint density at radius 2 is 1.91 bits per heavy atom. The Morgan fingerprint density at radius 3 is 2.45 bits per heavy atom. The van der Waals surface area contributed by atoms with Gasteiger partial charge in [-0.1, -0.05) is 39.0 Å².